The van der Waals surface area contributed by atoms with Gasteiger partial charge < -0.3 is 20.1 Å². The second-order valence-corrected chi connectivity index (χ2v) is 4.75. The van der Waals surface area contributed by atoms with Gasteiger partial charge >= 0.3 is 11.8 Å². The van der Waals surface area contributed by atoms with Gasteiger partial charge in [-0.3, -0.25) is 19.7 Å². The number of amides is 2. The van der Waals surface area contributed by atoms with Crippen molar-refractivity contribution in [3.05, 3.63) is 52.6 Å². The van der Waals surface area contributed by atoms with Gasteiger partial charge in [0, 0.05) is 6.07 Å². The van der Waals surface area contributed by atoms with E-state index in [0.29, 0.717) is 11.4 Å². The number of ether oxygens (including phenoxy) is 2. The molecule has 2 aromatic rings. The van der Waals surface area contributed by atoms with Crippen LogP contribution >= 0.6 is 0 Å². The zero-order chi connectivity index (χ0) is 18.4. The maximum absolute atomic E-state index is 12.0. The van der Waals surface area contributed by atoms with Gasteiger partial charge in [-0.15, -0.1) is 0 Å². The van der Waals surface area contributed by atoms with Crippen molar-refractivity contribution in [2.24, 2.45) is 0 Å². The third kappa shape index (κ3) is 4.22. The van der Waals surface area contributed by atoms with Crippen LogP contribution in [0.15, 0.2) is 42.5 Å². The molecule has 2 rings (SSSR count). The molecule has 0 atom stereocenters. The minimum atomic E-state index is -0.960. The summed E-state index contributed by atoms with van der Waals surface area (Å²) in [6.45, 7) is 0. The molecule has 0 aliphatic carbocycles. The minimum absolute atomic E-state index is 0.0626. The number of nitrogens with zero attached hydrogens (tertiary/aromatic N) is 1. The number of carbonyl (C=O) groups is 2. The van der Waals surface area contributed by atoms with Crippen LogP contribution in [0.2, 0.25) is 0 Å². The number of hydrogen-bond donors (Lipinski definition) is 2. The van der Waals surface area contributed by atoms with Crippen molar-refractivity contribution >= 4 is 28.9 Å². The Labute approximate surface area is 142 Å². The number of benzene rings is 2. The fraction of sp³-hybridized carbons (Fsp3) is 0.125. The molecule has 0 aliphatic heterocycles. The Morgan fingerprint density at radius 2 is 1.48 bits per heavy atom. The Morgan fingerprint density at radius 3 is 2.04 bits per heavy atom. The average molecular weight is 345 g/mol. The average Bonchev–Trinajstić information content (AvgIpc) is 2.62. The number of anilines is 2. The van der Waals surface area contributed by atoms with Crippen molar-refractivity contribution < 1.29 is 24.0 Å². The van der Waals surface area contributed by atoms with Crippen LogP contribution in [0.25, 0.3) is 0 Å². The zero-order valence-electron chi connectivity index (χ0n) is 13.4. The van der Waals surface area contributed by atoms with Gasteiger partial charge in [0.05, 0.1) is 36.6 Å². The van der Waals surface area contributed by atoms with E-state index in [1.54, 1.807) is 24.3 Å². The van der Waals surface area contributed by atoms with Gasteiger partial charge in [0.15, 0.2) is 0 Å². The Bertz CT molecular complexity index is 821. The van der Waals surface area contributed by atoms with Crippen LogP contribution in [-0.4, -0.2) is 31.0 Å². The van der Waals surface area contributed by atoms with E-state index < -0.39 is 16.7 Å². The Hall–Kier alpha value is -3.62. The lowest BCUT2D eigenvalue weighted by Gasteiger charge is -2.11. The predicted octanol–water partition coefficient (Wildman–Crippen LogP) is 2.19. The van der Waals surface area contributed by atoms with E-state index in [1.165, 1.54) is 26.4 Å². The van der Waals surface area contributed by atoms with Crippen molar-refractivity contribution in [3.63, 3.8) is 0 Å². The maximum atomic E-state index is 12.0. The number of methoxy groups -OCH3 is 2. The standard InChI is InChI=1S/C16H15N3O6/c1-24-13-6-4-3-5-11(13)17-15(20)16(21)18-12-8-7-10(19(22)23)9-14(12)25-2/h3-9H,1-2H3,(H,17,20)(H,18,21). The van der Waals surface area contributed by atoms with E-state index in [4.69, 9.17) is 9.47 Å². The van der Waals surface area contributed by atoms with Crippen LogP contribution in [0.3, 0.4) is 0 Å². The van der Waals surface area contributed by atoms with E-state index in [1.807, 2.05) is 0 Å². The van der Waals surface area contributed by atoms with Crippen LogP contribution in [0, 0.1) is 10.1 Å². The molecule has 0 radical (unpaired) electrons. The predicted molar refractivity (Wildman–Crippen MR) is 89.9 cm³/mol. The summed E-state index contributed by atoms with van der Waals surface area (Å²) in [5, 5.41) is 15.5. The number of nitro benzene ring substituents is 1. The molecule has 0 fully saturated rings. The molecule has 2 amide bonds. The lowest BCUT2D eigenvalue weighted by molar-refractivity contribution is -0.384. The van der Waals surface area contributed by atoms with Gasteiger partial charge in [0.25, 0.3) is 5.69 Å². The Kier molecular flexibility index (Phi) is 5.51. The summed E-state index contributed by atoms with van der Waals surface area (Å²) in [6.07, 6.45) is 0. The summed E-state index contributed by atoms with van der Waals surface area (Å²) >= 11 is 0. The molecule has 25 heavy (non-hydrogen) atoms. The summed E-state index contributed by atoms with van der Waals surface area (Å²) in [6, 6.07) is 10.2. The molecule has 0 saturated carbocycles. The molecule has 0 spiro atoms. The topological polar surface area (TPSA) is 120 Å². The van der Waals surface area contributed by atoms with Crippen molar-refractivity contribution in [2.45, 2.75) is 0 Å². The van der Waals surface area contributed by atoms with Crippen LogP contribution in [0.5, 0.6) is 11.5 Å². The number of para-hydroxylation sites is 2. The summed E-state index contributed by atoms with van der Waals surface area (Å²) < 4.78 is 10.1. The molecule has 130 valence electrons. The molecule has 0 bridgehead atoms. The van der Waals surface area contributed by atoms with Gasteiger partial charge in [-0.25, -0.2) is 0 Å². The lowest BCUT2D eigenvalue weighted by Crippen LogP contribution is -2.29. The van der Waals surface area contributed by atoms with Gasteiger partial charge in [0.2, 0.25) is 0 Å². The molecule has 9 nitrogen and oxygen atoms in total. The SMILES string of the molecule is COc1ccccc1NC(=O)C(=O)Nc1ccc([N+](=O)[O-])cc1OC. The molecule has 0 aromatic heterocycles. The van der Waals surface area contributed by atoms with E-state index >= 15 is 0 Å². The third-order valence-corrected chi connectivity index (χ3v) is 3.21. The normalized spacial score (nSPS) is 9.84. The van der Waals surface area contributed by atoms with Crippen molar-refractivity contribution in [1.82, 2.24) is 0 Å². The molecule has 2 N–H and O–H groups in total. The Morgan fingerprint density at radius 1 is 0.920 bits per heavy atom. The first-order valence-electron chi connectivity index (χ1n) is 7.04. The highest BCUT2D eigenvalue weighted by Gasteiger charge is 2.19. The number of rotatable bonds is 5. The van der Waals surface area contributed by atoms with E-state index in [-0.39, 0.29) is 17.1 Å². The highest BCUT2D eigenvalue weighted by molar-refractivity contribution is 6.44. The molecule has 0 aliphatic rings. The molecule has 0 heterocycles. The number of nitro groups is 1. The molecule has 2 aromatic carbocycles. The smallest absolute Gasteiger partial charge is 0.314 e. The highest BCUT2D eigenvalue weighted by Crippen LogP contribution is 2.29. The second-order valence-electron chi connectivity index (χ2n) is 4.75. The van der Waals surface area contributed by atoms with Gasteiger partial charge in [-0.05, 0) is 18.2 Å². The van der Waals surface area contributed by atoms with E-state index in [9.17, 15) is 19.7 Å². The van der Waals surface area contributed by atoms with Gasteiger partial charge in [0.1, 0.15) is 11.5 Å². The number of non-ortho nitro benzene ring substituents is 1. The van der Waals surface area contributed by atoms with Crippen molar-refractivity contribution in [1.29, 1.82) is 0 Å². The first kappa shape index (κ1) is 17.7. The molecular weight excluding hydrogens is 330 g/mol. The largest absolute Gasteiger partial charge is 0.495 e. The fourth-order valence-electron chi connectivity index (χ4n) is 2.00. The Balaban J connectivity index is 2.13. The molecule has 9 heteroatoms. The highest BCUT2D eigenvalue weighted by atomic mass is 16.6. The summed E-state index contributed by atoms with van der Waals surface area (Å²) in [4.78, 5) is 34.2. The first-order chi connectivity index (χ1) is 12.0. The fourth-order valence-corrected chi connectivity index (χ4v) is 2.00. The summed E-state index contributed by atoms with van der Waals surface area (Å²) in [7, 11) is 2.73. The molecule has 0 saturated heterocycles. The number of carbonyl (C=O) groups excluding carboxylic acids is 2. The van der Waals surface area contributed by atoms with Gasteiger partial charge in [-0.1, -0.05) is 12.1 Å². The van der Waals surface area contributed by atoms with E-state index in [2.05, 4.69) is 10.6 Å². The quantitative estimate of drug-likeness (QED) is 0.487. The minimum Gasteiger partial charge on any atom is -0.495 e. The summed E-state index contributed by atoms with van der Waals surface area (Å²) in [5.41, 5.74) is 0.266. The van der Waals surface area contributed by atoms with Crippen LogP contribution in [-0.2, 0) is 9.59 Å². The van der Waals surface area contributed by atoms with Crippen LogP contribution in [0.4, 0.5) is 17.1 Å². The third-order valence-electron chi connectivity index (χ3n) is 3.21. The number of nitrogens with one attached hydrogen (secondary N) is 2. The van der Waals surface area contributed by atoms with Crippen molar-refractivity contribution in [3.8, 4) is 11.5 Å². The first-order valence-corrected chi connectivity index (χ1v) is 7.04. The zero-order valence-corrected chi connectivity index (χ0v) is 13.4. The summed E-state index contributed by atoms with van der Waals surface area (Å²) in [5.74, 6) is -1.42. The monoisotopic (exact) mass is 345 g/mol. The maximum Gasteiger partial charge on any atom is 0.314 e. The lowest BCUT2D eigenvalue weighted by atomic mass is 10.2. The second kappa shape index (κ2) is 7.77. The number of hydrogen-bond acceptors (Lipinski definition) is 6. The molecular formula is C16H15N3O6. The van der Waals surface area contributed by atoms with Gasteiger partial charge in [-0.2, -0.15) is 0 Å². The van der Waals surface area contributed by atoms with Crippen LogP contribution < -0.4 is 20.1 Å². The van der Waals surface area contributed by atoms with Crippen LogP contribution in [0.1, 0.15) is 0 Å². The molecule has 0 unspecified atom stereocenters. The van der Waals surface area contributed by atoms with Crippen molar-refractivity contribution in [2.75, 3.05) is 24.9 Å². The van der Waals surface area contributed by atoms with E-state index in [0.717, 1.165) is 6.07 Å².